The highest BCUT2D eigenvalue weighted by Gasteiger charge is 2.34. The van der Waals surface area contributed by atoms with Gasteiger partial charge in [-0.3, -0.25) is 9.69 Å². The lowest BCUT2D eigenvalue weighted by atomic mass is 10.0. The smallest absolute Gasteiger partial charge is 0.226 e. The number of hydrogen-bond donors (Lipinski definition) is 0. The van der Waals surface area contributed by atoms with Gasteiger partial charge in [-0.05, 0) is 56.5 Å². The van der Waals surface area contributed by atoms with E-state index in [1.54, 1.807) is 0 Å². The van der Waals surface area contributed by atoms with Crippen LogP contribution < -0.4 is 0 Å². The van der Waals surface area contributed by atoms with E-state index in [1.807, 2.05) is 24.0 Å². The molecule has 1 amide bonds. The number of nitrogens with zero attached hydrogens (tertiary/aromatic N) is 4. The maximum Gasteiger partial charge on any atom is 0.226 e. The Morgan fingerprint density at radius 3 is 2.52 bits per heavy atom. The quantitative estimate of drug-likeness (QED) is 0.531. The zero-order valence-electron chi connectivity index (χ0n) is 19.4. The molecule has 1 fully saturated rings. The first kappa shape index (κ1) is 21.8. The molecule has 0 saturated heterocycles. The molecule has 1 saturated carbocycles. The topological polar surface area (TPSA) is 41.4 Å². The summed E-state index contributed by atoms with van der Waals surface area (Å²) in [6, 6.07) is 15.2. The van der Waals surface area contributed by atoms with Crippen molar-refractivity contribution in [3.8, 4) is 5.69 Å². The Balaban J connectivity index is 1.45. The fourth-order valence-electron chi connectivity index (χ4n) is 4.67. The maximum absolute atomic E-state index is 13.3. The normalized spacial score (nSPS) is 16.0. The minimum atomic E-state index is -0.207. The van der Waals surface area contributed by atoms with Crippen molar-refractivity contribution in [2.75, 3.05) is 13.1 Å². The average Bonchev–Trinajstić information content (AvgIpc) is 3.62. The van der Waals surface area contributed by atoms with Crippen LogP contribution in [0.25, 0.3) is 5.69 Å². The number of carbonyl (C=O) groups excluding carboxylic acids is 1. The van der Waals surface area contributed by atoms with E-state index in [9.17, 15) is 9.18 Å². The van der Waals surface area contributed by atoms with Crippen LogP contribution in [0.15, 0.2) is 48.5 Å². The second-order valence-electron chi connectivity index (χ2n) is 9.33. The summed E-state index contributed by atoms with van der Waals surface area (Å²) in [6.07, 6.45) is 2.91. The van der Waals surface area contributed by atoms with Gasteiger partial charge in [-0.15, -0.1) is 0 Å². The van der Waals surface area contributed by atoms with Crippen molar-refractivity contribution in [1.82, 2.24) is 19.6 Å². The van der Waals surface area contributed by atoms with E-state index in [1.165, 1.54) is 29.0 Å². The van der Waals surface area contributed by atoms with Gasteiger partial charge in [0.2, 0.25) is 5.91 Å². The lowest BCUT2D eigenvalue weighted by Crippen LogP contribution is -2.33. The maximum atomic E-state index is 13.3. The van der Waals surface area contributed by atoms with Crippen LogP contribution >= 0.6 is 0 Å². The molecule has 2 aliphatic rings. The zero-order chi connectivity index (χ0) is 22.9. The van der Waals surface area contributed by atoms with Crippen molar-refractivity contribution in [2.45, 2.75) is 52.7 Å². The van der Waals surface area contributed by atoms with Crippen molar-refractivity contribution in [3.05, 3.63) is 82.4 Å². The van der Waals surface area contributed by atoms with Crippen LogP contribution in [-0.2, 0) is 30.8 Å². The molecule has 5 rings (SSSR count). The highest BCUT2D eigenvalue weighted by atomic mass is 19.1. The minimum absolute atomic E-state index is 0.204. The van der Waals surface area contributed by atoms with Crippen LogP contribution in [0.5, 0.6) is 0 Å². The summed E-state index contributed by atoms with van der Waals surface area (Å²) < 4.78 is 15.4. The Labute approximate surface area is 194 Å². The Hall–Kier alpha value is -2.99. The van der Waals surface area contributed by atoms with Gasteiger partial charge in [0.15, 0.2) is 0 Å². The number of benzene rings is 2. The predicted molar refractivity (Wildman–Crippen MR) is 126 cm³/mol. The lowest BCUT2D eigenvalue weighted by Gasteiger charge is -2.28. The molecule has 2 aromatic carbocycles. The molecule has 0 N–H and O–H groups in total. The lowest BCUT2D eigenvalue weighted by molar-refractivity contribution is -0.133. The standard InChI is InChI=1S/C27H31FN4O/c1-3-31(27(33)21-8-9-21)18-25-24-17-30(16-20-6-10-22(28)11-7-20)15-14-26(24)32(29-25)23-12-4-19(2)5-13-23/h4-7,10-13,21H,3,8-9,14-18H2,1-2H3. The second-order valence-corrected chi connectivity index (χ2v) is 9.33. The molecule has 0 atom stereocenters. The van der Waals surface area contributed by atoms with Crippen LogP contribution in [0.4, 0.5) is 4.39 Å². The number of carbonyl (C=O) groups is 1. The number of aryl methyl sites for hydroxylation is 1. The van der Waals surface area contributed by atoms with Crippen molar-refractivity contribution in [1.29, 1.82) is 0 Å². The number of aromatic nitrogens is 2. The highest BCUT2D eigenvalue weighted by molar-refractivity contribution is 5.81. The van der Waals surface area contributed by atoms with Gasteiger partial charge in [-0.2, -0.15) is 5.10 Å². The van der Waals surface area contributed by atoms with Gasteiger partial charge >= 0.3 is 0 Å². The van der Waals surface area contributed by atoms with E-state index in [-0.39, 0.29) is 17.6 Å². The van der Waals surface area contributed by atoms with Gasteiger partial charge in [0.05, 0.1) is 23.6 Å². The number of amides is 1. The number of hydrogen-bond acceptors (Lipinski definition) is 3. The van der Waals surface area contributed by atoms with E-state index >= 15 is 0 Å². The third-order valence-corrected chi connectivity index (χ3v) is 6.78. The molecular formula is C27H31FN4O. The molecule has 0 radical (unpaired) electrons. The third-order valence-electron chi connectivity index (χ3n) is 6.78. The summed E-state index contributed by atoms with van der Waals surface area (Å²) in [5.74, 6) is 0.256. The third kappa shape index (κ3) is 4.71. The predicted octanol–water partition coefficient (Wildman–Crippen LogP) is 4.64. The van der Waals surface area contributed by atoms with E-state index < -0.39 is 0 Å². The molecular weight excluding hydrogens is 415 g/mol. The fourth-order valence-corrected chi connectivity index (χ4v) is 4.67. The van der Waals surface area contributed by atoms with Crippen LogP contribution in [0.1, 0.15) is 47.8 Å². The van der Waals surface area contributed by atoms with E-state index in [0.29, 0.717) is 13.1 Å². The molecule has 3 aromatic rings. The average molecular weight is 447 g/mol. The first-order valence-electron chi connectivity index (χ1n) is 11.9. The molecule has 2 heterocycles. The molecule has 1 aliphatic heterocycles. The molecule has 6 heteroatoms. The number of rotatable bonds is 7. The van der Waals surface area contributed by atoms with Gasteiger partial charge in [-0.25, -0.2) is 9.07 Å². The van der Waals surface area contributed by atoms with Gasteiger partial charge < -0.3 is 4.90 Å². The summed E-state index contributed by atoms with van der Waals surface area (Å²) in [5.41, 5.74) is 6.84. The molecule has 0 bridgehead atoms. The number of fused-ring (bicyclic) bond motifs is 1. The van der Waals surface area contributed by atoms with Crippen LogP contribution in [0.3, 0.4) is 0 Å². The van der Waals surface area contributed by atoms with Crippen molar-refractivity contribution in [3.63, 3.8) is 0 Å². The van der Waals surface area contributed by atoms with E-state index in [2.05, 4.69) is 40.8 Å². The Bertz CT molecular complexity index is 1130. The first-order valence-corrected chi connectivity index (χ1v) is 11.9. The zero-order valence-corrected chi connectivity index (χ0v) is 19.4. The fraction of sp³-hybridized carbons (Fsp3) is 0.407. The van der Waals surface area contributed by atoms with Crippen molar-refractivity contribution < 1.29 is 9.18 Å². The highest BCUT2D eigenvalue weighted by Crippen LogP contribution is 2.32. The van der Waals surface area contributed by atoms with Crippen LogP contribution in [0, 0.1) is 18.7 Å². The van der Waals surface area contributed by atoms with Crippen LogP contribution in [0.2, 0.25) is 0 Å². The van der Waals surface area contributed by atoms with E-state index in [4.69, 9.17) is 5.10 Å². The summed E-state index contributed by atoms with van der Waals surface area (Å²) in [6.45, 7) is 7.85. The summed E-state index contributed by atoms with van der Waals surface area (Å²) in [5, 5.41) is 5.04. The van der Waals surface area contributed by atoms with Crippen LogP contribution in [-0.4, -0.2) is 38.6 Å². The Morgan fingerprint density at radius 1 is 1.12 bits per heavy atom. The molecule has 0 spiro atoms. The molecule has 33 heavy (non-hydrogen) atoms. The van der Waals surface area contributed by atoms with Gasteiger partial charge in [0.1, 0.15) is 5.82 Å². The van der Waals surface area contributed by atoms with Gasteiger partial charge in [0, 0.05) is 44.1 Å². The van der Waals surface area contributed by atoms with Gasteiger partial charge in [-0.1, -0.05) is 29.8 Å². The number of halogens is 1. The molecule has 5 nitrogen and oxygen atoms in total. The SMILES string of the molecule is CCN(Cc1nn(-c2ccc(C)cc2)c2c1CN(Cc1ccc(F)cc1)CC2)C(=O)C1CC1. The Morgan fingerprint density at radius 2 is 1.85 bits per heavy atom. The van der Waals surface area contributed by atoms with Crippen molar-refractivity contribution in [2.24, 2.45) is 5.92 Å². The summed E-state index contributed by atoms with van der Waals surface area (Å²) in [4.78, 5) is 17.2. The second kappa shape index (κ2) is 9.10. The van der Waals surface area contributed by atoms with Gasteiger partial charge in [0.25, 0.3) is 0 Å². The van der Waals surface area contributed by atoms with E-state index in [0.717, 1.165) is 55.8 Å². The molecule has 1 aliphatic carbocycles. The Kier molecular flexibility index (Phi) is 6.02. The molecule has 172 valence electrons. The summed E-state index contributed by atoms with van der Waals surface area (Å²) >= 11 is 0. The first-order chi connectivity index (χ1) is 16.0. The molecule has 0 unspecified atom stereocenters. The summed E-state index contributed by atoms with van der Waals surface area (Å²) in [7, 11) is 0. The van der Waals surface area contributed by atoms with Crippen molar-refractivity contribution >= 4 is 5.91 Å². The monoisotopic (exact) mass is 446 g/mol. The largest absolute Gasteiger partial charge is 0.337 e. The minimum Gasteiger partial charge on any atom is -0.337 e. The molecule has 1 aromatic heterocycles.